The molecule has 0 bridgehead atoms. The van der Waals surface area contributed by atoms with Crippen LogP contribution in [0.1, 0.15) is 9.67 Å². The fraction of sp³-hybridized carbons (Fsp3) is 0. The molecule has 0 aliphatic carbocycles. The van der Waals surface area contributed by atoms with Gasteiger partial charge in [-0.2, -0.15) is 0 Å². The maximum Gasteiger partial charge on any atom is 0.349 e. The van der Waals surface area contributed by atoms with Crippen molar-refractivity contribution in [3.63, 3.8) is 0 Å². The first-order chi connectivity index (χ1) is 11.0. The van der Waals surface area contributed by atoms with E-state index in [-0.39, 0.29) is 10.6 Å². The SMILES string of the molecule is O=C(O)c1sc(-c2ccccc2Cl)c(-c2ccc(Cl)cc2)c1O. The third-order valence-electron chi connectivity index (χ3n) is 3.33. The second-order valence-corrected chi connectivity index (χ2v) is 6.64. The molecule has 6 heteroatoms. The van der Waals surface area contributed by atoms with Crippen LogP contribution in [0.5, 0.6) is 5.75 Å². The van der Waals surface area contributed by atoms with E-state index in [1.165, 1.54) is 0 Å². The summed E-state index contributed by atoms with van der Waals surface area (Å²) >= 11 is 13.1. The summed E-state index contributed by atoms with van der Waals surface area (Å²) in [5.41, 5.74) is 1.79. The third-order valence-corrected chi connectivity index (χ3v) is 5.11. The average Bonchev–Trinajstić information content (AvgIpc) is 2.86. The standard InChI is InChI=1S/C17H10Cl2O3S/c18-10-7-5-9(6-8-10)13-14(20)16(17(21)22)23-15(13)11-3-1-2-4-12(11)19/h1-8,20H,(H,21,22). The molecule has 0 aliphatic rings. The van der Waals surface area contributed by atoms with Gasteiger partial charge < -0.3 is 10.2 Å². The van der Waals surface area contributed by atoms with Crippen molar-refractivity contribution < 1.29 is 15.0 Å². The molecular weight excluding hydrogens is 355 g/mol. The molecule has 0 atom stereocenters. The first-order valence-electron chi connectivity index (χ1n) is 6.59. The number of carbonyl (C=O) groups is 1. The minimum absolute atomic E-state index is 0.120. The zero-order valence-electron chi connectivity index (χ0n) is 11.6. The number of hydrogen-bond acceptors (Lipinski definition) is 3. The number of thiophene rings is 1. The van der Waals surface area contributed by atoms with Crippen LogP contribution in [0.2, 0.25) is 10.0 Å². The Bertz CT molecular complexity index is 885. The Balaban J connectivity index is 2.31. The van der Waals surface area contributed by atoms with Crippen molar-refractivity contribution in [2.24, 2.45) is 0 Å². The highest BCUT2D eigenvalue weighted by Gasteiger charge is 2.25. The van der Waals surface area contributed by atoms with Gasteiger partial charge in [-0.05, 0) is 23.8 Å². The van der Waals surface area contributed by atoms with Gasteiger partial charge in [0.25, 0.3) is 0 Å². The van der Waals surface area contributed by atoms with E-state index in [1.54, 1.807) is 42.5 Å². The Labute approximate surface area is 146 Å². The van der Waals surface area contributed by atoms with Gasteiger partial charge in [-0.25, -0.2) is 4.79 Å². The van der Waals surface area contributed by atoms with Gasteiger partial charge >= 0.3 is 5.97 Å². The van der Waals surface area contributed by atoms with E-state index in [0.717, 1.165) is 11.3 Å². The maximum absolute atomic E-state index is 11.4. The van der Waals surface area contributed by atoms with Crippen LogP contribution in [0, 0.1) is 0 Å². The molecule has 0 saturated carbocycles. The minimum atomic E-state index is -1.18. The van der Waals surface area contributed by atoms with Gasteiger partial charge in [0.15, 0.2) is 4.88 Å². The number of aromatic hydroxyl groups is 1. The highest BCUT2D eigenvalue weighted by atomic mass is 35.5. The molecule has 1 heterocycles. The van der Waals surface area contributed by atoms with Gasteiger partial charge in [0.1, 0.15) is 5.75 Å². The van der Waals surface area contributed by atoms with Crippen LogP contribution in [-0.4, -0.2) is 16.2 Å². The van der Waals surface area contributed by atoms with E-state index in [4.69, 9.17) is 23.2 Å². The highest BCUT2D eigenvalue weighted by Crippen LogP contribution is 2.48. The van der Waals surface area contributed by atoms with Gasteiger partial charge in [0.05, 0.1) is 0 Å². The van der Waals surface area contributed by atoms with E-state index < -0.39 is 5.97 Å². The summed E-state index contributed by atoms with van der Waals surface area (Å²) in [6, 6.07) is 13.9. The zero-order chi connectivity index (χ0) is 16.6. The van der Waals surface area contributed by atoms with Crippen LogP contribution in [0.15, 0.2) is 48.5 Å². The lowest BCUT2D eigenvalue weighted by atomic mass is 10.0. The maximum atomic E-state index is 11.4. The number of hydrogen-bond donors (Lipinski definition) is 2. The van der Waals surface area contributed by atoms with E-state index >= 15 is 0 Å². The monoisotopic (exact) mass is 364 g/mol. The van der Waals surface area contributed by atoms with Crippen molar-refractivity contribution in [1.29, 1.82) is 0 Å². The smallest absolute Gasteiger partial charge is 0.349 e. The first-order valence-corrected chi connectivity index (χ1v) is 8.16. The van der Waals surface area contributed by atoms with Gasteiger partial charge in [-0.3, -0.25) is 0 Å². The molecule has 23 heavy (non-hydrogen) atoms. The second kappa shape index (κ2) is 6.24. The number of carboxylic acids is 1. The molecule has 3 aromatic rings. The molecule has 2 aromatic carbocycles. The minimum Gasteiger partial charge on any atom is -0.505 e. The summed E-state index contributed by atoms with van der Waals surface area (Å²) in [7, 11) is 0. The van der Waals surface area contributed by atoms with Crippen LogP contribution in [-0.2, 0) is 0 Å². The average molecular weight is 365 g/mol. The third kappa shape index (κ3) is 2.93. The predicted molar refractivity (Wildman–Crippen MR) is 93.8 cm³/mol. The lowest BCUT2D eigenvalue weighted by Gasteiger charge is -2.07. The quantitative estimate of drug-likeness (QED) is 0.617. The van der Waals surface area contributed by atoms with Crippen LogP contribution in [0.3, 0.4) is 0 Å². The van der Waals surface area contributed by atoms with Gasteiger partial charge in [0.2, 0.25) is 0 Å². The molecular formula is C17H10Cl2O3S. The molecule has 3 rings (SSSR count). The molecule has 0 fully saturated rings. The predicted octanol–water partition coefficient (Wildman–Crippen LogP) is 5.79. The fourth-order valence-corrected chi connectivity index (χ4v) is 3.79. The van der Waals surface area contributed by atoms with Crippen LogP contribution in [0.4, 0.5) is 0 Å². The van der Waals surface area contributed by atoms with Crippen molar-refractivity contribution in [2.45, 2.75) is 0 Å². The normalized spacial score (nSPS) is 10.7. The zero-order valence-corrected chi connectivity index (χ0v) is 13.9. The van der Waals surface area contributed by atoms with E-state index in [1.807, 2.05) is 6.07 Å². The van der Waals surface area contributed by atoms with Crippen molar-refractivity contribution >= 4 is 40.5 Å². The van der Waals surface area contributed by atoms with Gasteiger partial charge in [0, 0.05) is 26.0 Å². The lowest BCUT2D eigenvalue weighted by molar-refractivity contribution is 0.0699. The molecule has 0 unspecified atom stereocenters. The summed E-state index contributed by atoms with van der Waals surface area (Å²) in [6.07, 6.45) is 0. The Morgan fingerprint density at radius 3 is 2.26 bits per heavy atom. The summed E-state index contributed by atoms with van der Waals surface area (Å²) < 4.78 is 0. The van der Waals surface area contributed by atoms with Crippen molar-refractivity contribution in [1.82, 2.24) is 0 Å². The fourth-order valence-electron chi connectivity index (χ4n) is 2.29. The Morgan fingerprint density at radius 2 is 1.65 bits per heavy atom. The Morgan fingerprint density at radius 1 is 1.00 bits per heavy atom. The van der Waals surface area contributed by atoms with Crippen LogP contribution >= 0.6 is 34.5 Å². The molecule has 0 amide bonds. The Kier molecular flexibility index (Phi) is 4.31. The van der Waals surface area contributed by atoms with Crippen LogP contribution < -0.4 is 0 Å². The van der Waals surface area contributed by atoms with E-state index in [0.29, 0.717) is 31.6 Å². The molecule has 0 aliphatic heterocycles. The van der Waals surface area contributed by atoms with Crippen molar-refractivity contribution in [2.75, 3.05) is 0 Å². The molecule has 2 N–H and O–H groups in total. The summed E-state index contributed by atoms with van der Waals surface area (Å²) in [4.78, 5) is 11.9. The number of benzene rings is 2. The van der Waals surface area contributed by atoms with Crippen molar-refractivity contribution in [3.05, 3.63) is 63.5 Å². The van der Waals surface area contributed by atoms with Gasteiger partial charge in [-0.1, -0.05) is 53.5 Å². The topological polar surface area (TPSA) is 57.5 Å². The molecule has 0 saturated heterocycles. The molecule has 116 valence electrons. The highest BCUT2D eigenvalue weighted by molar-refractivity contribution is 7.18. The molecule has 0 spiro atoms. The lowest BCUT2D eigenvalue weighted by Crippen LogP contribution is -1.91. The van der Waals surface area contributed by atoms with Crippen molar-refractivity contribution in [3.8, 4) is 27.3 Å². The number of halogens is 2. The number of carboxylic acid groups (broad SMARTS) is 1. The van der Waals surface area contributed by atoms with E-state index in [9.17, 15) is 15.0 Å². The van der Waals surface area contributed by atoms with E-state index in [2.05, 4.69) is 0 Å². The summed E-state index contributed by atoms with van der Waals surface area (Å²) in [5.74, 6) is -1.44. The Hall–Kier alpha value is -2.01. The second-order valence-electron chi connectivity index (χ2n) is 4.78. The summed E-state index contributed by atoms with van der Waals surface area (Å²) in [5, 5.41) is 20.8. The first kappa shape index (κ1) is 15.9. The molecule has 3 nitrogen and oxygen atoms in total. The largest absolute Gasteiger partial charge is 0.505 e. The number of rotatable bonds is 3. The summed E-state index contributed by atoms with van der Waals surface area (Å²) in [6.45, 7) is 0. The van der Waals surface area contributed by atoms with Crippen LogP contribution in [0.25, 0.3) is 21.6 Å². The number of aromatic carboxylic acids is 1. The molecule has 1 aromatic heterocycles. The molecule has 0 radical (unpaired) electrons. The van der Waals surface area contributed by atoms with Gasteiger partial charge in [-0.15, -0.1) is 11.3 Å².